The topological polar surface area (TPSA) is 95.8 Å². The molecule has 8 nitrogen and oxygen atoms in total. The number of aromatic nitrogens is 2. The van der Waals surface area contributed by atoms with E-state index in [1.54, 1.807) is 0 Å². The van der Waals surface area contributed by atoms with Crippen LogP contribution in [0.1, 0.15) is 67.3 Å². The fraction of sp³-hybridized carbons (Fsp3) is 0.714. The summed E-state index contributed by atoms with van der Waals surface area (Å²) in [4.78, 5) is 18.1. The first-order valence-electron chi connectivity index (χ1n) is 11.2. The number of ether oxygens (including phenoxy) is 1. The van der Waals surface area contributed by atoms with Crippen molar-refractivity contribution in [1.29, 1.82) is 0 Å². The lowest BCUT2D eigenvalue weighted by Crippen LogP contribution is -2.64. The first-order valence-corrected chi connectivity index (χ1v) is 15.2. The number of aromatic amines is 1. The van der Waals surface area contributed by atoms with E-state index in [1.165, 1.54) is 6.20 Å². The summed E-state index contributed by atoms with van der Waals surface area (Å²) in [6.07, 6.45) is 0.709. The van der Waals surface area contributed by atoms with Gasteiger partial charge >= 0.3 is 22.8 Å². The molecular formula is C21H34N2O6Si2. The minimum atomic E-state index is -2.79. The summed E-state index contributed by atoms with van der Waals surface area (Å²) in [7, 11) is -5.40. The van der Waals surface area contributed by atoms with Crippen LogP contribution in [0.15, 0.2) is 15.4 Å². The Morgan fingerprint density at radius 2 is 1.61 bits per heavy atom. The predicted octanol–water partition coefficient (Wildman–Crippen LogP) is 4.91. The lowest BCUT2D eigenvalue weighted by Gasteiger charge is -2.50. The Balaban J connectivity index is 1.85. The zero-order valence-electron chi connectivity index (χ0n) is 19.6. The molecule has 1 N–H and O–H groups in total. The molecule has 2 atom stereocenters. The van der Waals surface area contributed by atoms with Gasteiger partial charge in [0.05, 0.1) is 12.0 Å². The van der Waals surface area contributed by atoms with Crippen molar-refractivity contribution in [2.75, 3.05) is 6.61 Å². The van der Waals surface area contributed by atoms with Gasteiger partial charge in [-0.05, 0) is 22.2 Å². The van der Waals surface area contributed by atoms with Crippen molar-refractivity contribution in [3.05, 3.63) is 22.4 Å². The maximum absolute atomic E-state index is 11.6. The molecule has 31 heavy (non-hydrogen) atoms. The van der Waals surface area contributed by atoms with E-state index >= 15 is 0 Å². The molecule has 4 rings (SSSR count). The van der Waals surface area contributed by atoms with E-state index in [9.17, 15) is 4.79 Å². The molecule has 2 aliphatic heterocycles. The molecule has 0 bridgehead atoms. The molecule has 0 aliphatic carbocycles. The third-order valence-corrected chi connectivity index (χ3v) is 16.9. The molecule has 2 aromatic heterocycles. The first-order chi connectivity index (χ1) is 14.5. The van der Waals surface area contributed by atoms with Crippen molar-refractivity contribution in [1.82, 2.24) is 9.97 Å². The van der Waals surface area contributed by atoms with Crippen LogP contribution in [-0.4, -0.2) is 39.8 Å². The predicted molar refractivity (Wildman–Crippen MR) is 122 cm³/mol. The molecule has 0 amide bonds. The Morgan fingerprint density at radius 3 is 2.19 bits per heavy atom. The monoisotopic (exact) mass is 466 g/mol. The van der Waals surface area contributed by atoms with Gasteiger partial charge in [-0.25, -0.2) is 9.78 Å². The summed E-state index contributed by atoms with van der Waals surface area (Å²) in [5.41, 5.74) is 0.835. The Morgan fingerprint density at radius 1 is 1.00 bits per heavy atom. The number of furan rings is 1. The third-order valence-electron chi connectivity index (χ3n) is 6.64. The minimum absolute atomic E-state index is 0.203. The zero-order chi connectivity index (χ0) is 22.7. The fourth-order valence-corrected chi connectivity index (χ4v) is 16.1. The van der Waals surface area contributed by atoms with Gasteiger partial charge in [0.15, 0.2) is 17.6 Å². The van der Waals surface area contributed by atoms with Gasteiger partial charge in [0.1, 0.15) is 6.10 Å². The summed E-state index contributed by atoms with van der Waals surface area (Å²) in [5.74, 6) is 1.16. The molecular weight excluding hydrogens is 432 g/mol. The maximum atomic E-state index is 11.6. The van der Waals surface area contributed by atoms with E-state index in [-0.39, 0.29) is 28.3 Å². The van der Waals surface area contributed by atoms with Crippen LogP contribution >= 0.6 is 0 Å². The van der Waals surface area contributed by atoms with Crippen LogP contribution in [0.5, 0.6) is 5.75 Å². The van der Waals surface area contributed by atoms with Gasteiger partial charge in [0.25, 0.3) is 0 Å². The highest BCUT2D eigenvalue weighted by Gasteiger charge is 2.61. The van der Waals surface area contributed by atoms with Gasteiger partial charge < -0.3 is 22.1 Å². The van der Waals surface area contributed by atoms with E-state index in [4.69, 9.17) is 22.1 Å². The average molecular weight is 467 g/mol. The van der Waals surface area contributed by atoms with Gasteiger partial charge in [-0.15, -0.1) is 0 Å². The molecule has 0 saturated carbocycles. The molecule has 2 aliphatic rings. The Hall–Kier alpha value is -1.47. The molecule has 1 unspecified atom stereocenters. The molecule has 0 aromatic carbocycles. The Labute approximate surface area is 185 Å². The van der Waals surface area contributed by atoms with Crippen LogP contribution in [0.3, 0.4) is 0 Å². The number of nitrogens with zero attached hydrogens (tertiary/aromatic N) is 1. The maximum Gasteiger partial charge on any atom is 0.347 e. The Kier molecular flexibility index (Phi) is 5.74. The second-order valence-corrected chi connectivity index (χ2v) is 18.7. The standard InChI is InChI=1S/C21H34N2O6Si2/c1-11(2)30(12(3)4)25-10-16-18(28-31(29-30,13(5)6)14(7)8)19-17(26-16)15-9-22-21(24)23-20(15)27-19/h9,11-14,16,18H,10H2,1-8H3,(H,22,23,24)/t16-,18?/m1/s1. The summed E-state index contributed by atoms with van der Waals surface area (Å²) in [5, 5.41) is 0.642. The minimum Gasteiger partial charge on any atom is -0.480 e. The summed E-state index contributed by atoms with van der Waals surface area (Å²) < 4.78 is 33.3. The molecule has 10 heteroatoms. The van der Waals surface area contributed by atoms with E-state index < -0.39 is 28.9 Å². The molecule has 4 heterocycles. The van der Waals surface area contributed by atoms with Gasteiger partial charge in [0, 0.05) is 6.20 Å². The number of hydrogen-bond acceptors (Lipinski definition) is 7. The van der Waals surface area contributed by atoms with Gasteiger partial charge in [-0.2, -0.15) is 0 Å². The van der Waals surface area contributed by atoms with Crippen LogP contribution in [0.4, 0.5) is 0 Å². The van der Waals surface area contributed by atoms with Crippen LogP contribution in [0.25, 0.3) is 11.1 Å². The third kappa shape index (κ3) is 3.43. The number of fused-ring (bicyclic) bond motifs is 5. The zero-order valence-corrected chi connectivity index (χ0v) is 21.6. The van der Waals surface area contributed by atoms with E-state index in [0.717, 1.165) is 0 Å². The van der Waals surface area contributed by atoms with Crippen LogP contribution in [0, 0.1) is 0 Å². The quantitative estimate of drug-likeness (QED) is 0.640. The SMILES string of the molecule is CC(C)[Si]1(C(C)C)OC[C@H]2Oc3c(oc4[nH]c(=O)ncc34)C2O[Si](C(C)C)(C(C)C)O1. The van der Waals surface area contributed by atoms with Crippen molar-refractivity contribution in [3.63, 3.8) is 0 Å². The molecule has 1 saturated heterocycles. The van der Waals surface area contributed by atoms with Crippen LogP contribution < -0.4 is 10.4 Å². The number of rotatable bonds is 4. The lowest BCUT2D eigenvalue weighted by molar-refractivity contribution is -0.0102. The van der Waals surface area contributed by atoms with Crippen molar-refractivity contribution < 1.29 is 22.1 Å². The van der Waals surface area contributed by atoms with Crippen molar-refractivity contribution >= 4 is 28.2 Å². The second-order valence-electron chi connectivity index (χ2n) is 9.90. The van der Waals surface area contributed by atoms with Crippen molar-refractivity contribution in [2.24, 2.45) is 0 Å². The molecule has 0 spiro atoms. The second kappa shape index (κ2) is 7.84. The normalized spacial score (nSPS) is 25.0. The van der Waals surface area contributed by atoms with E-state index in [1.807, 2.05) is 0 Å². The summed E-state index contributed by atoms with van der Waals surface area (Å²) in [6.45, 7) is 17.9. The highest BCUT2D eigenvalue weighted by Crippen LogP contribution is 2.52. The Bertz CT molecular complexity index is 999. The first kappa shape index (κ1) is 22.7. The van der Waals surface area contributed by atoms with Gasteiger partial charge in [-0.1, -0.05) is 55.4 Å². The number of nitrogens with one attached hydrogen (secondary N) is 1. The molecule has 172 valence electrons. The number of hydrogen-bond donors (Lipinski definition) is 1. The van der Waals surface area contributed by atoms with Gasteiger partial charge in [0.2, 0.25) is 5.71 Å². The molecule has 2 aromatic rings. The van der Waals surface area contributed by atoms with E-state index in [0.29, 0.717) is 29.2 Å². The average Bonchev–Trinajstić information content (AvgIpc) is 3.16. The van der Waals surface area contributed by atoms with Crippen molar-refractivity contribution in [2.45, 2.75) is 89.8 Å². The summed E-state index contributed by atoms with van der Waals surface area (Å²) in [6, 6.07) is 0. The van der Waals surface area contributed by atoms with Crippen LogP contribution in [-0.2, 0) is 13.0 Å². The fourth-order valence-electron chi connectivity index (χ4n) is 4.98. The smallest absolute Gasteiger partial charge is 0.347 e. The van der Waals surface area contributed by atoms with Crippen LogP contribution in [0.2, 0.25) is 22.2 Å². The van der Waals surface area contributed by atoms with E-state index in [2.05, 4.69) is 65.4 Å². The number of H-pyrrole nitrogens is 1. The van der Waals surface area contributed by atoms with Crippen molar-refractivity contribution in [3.8, 4) is 5.75 Å². The molecule has 1 fully saturated rings. The van der Waals surface area contributed by atoms with Gasteiger partial charge in [-0.3, -0.25) is 4.98 Å². The highest BCUT2D eigenvalue weighted by molar-refractivity contribution is 6.83. The highest BCUT2D eigenvalue weighted by atomic mass is 28.5. The largest absolute Gasteiger partial charge is 0.480 e. The summed E-state index contributed by atoms with van der Waals surface area (Å²) >= 11 is 0. The lowest BCUT2D eigenvalue weighted by atomic mass is 10.2. The molecule has 0 radical (unpaired) electrons.